The van der Waals surface area contributed by atoms with Crippen LogP contribution in [0.5, 0.6) is 0 Å². The fraction of sp³-hybridized carbons (Fsp3) is 1.00. The van der Waals surface area contributed by atoms with E-state index < -0.39 is 0 Å². The Balaban J connectivity index is 0. The smallest absolute Gasteiger partial charge is 0.145 e. The van der Waals surface area contributed by atoms with E-state index in [2.05, 4.69) is 25.1 Å². The highest BCUT2D eigenvalue weighted by Gasteiger charge is 2.06. The summed E-state index contributed by atoms with van der Waals surface area (Å²) in [6.07, 6.45) is 22.8. The maximum Gasteiger partial charge on any atom is 0.145 e. The predicted octanol–water partition coefficient (Wildman–Crippen LogP) is 7.66. The zero-order chi connectivity index (χ0) is 17.0. The van der Waals surface area contributed by atoms with Crippen LogP contribution in [0, 0.1) is 0 Å². The number of unbranched alkanes of at least 4 members (excludes halogenated alkanes) is 13. The van der Waals surface area contributed by atoms with Crippen LogP contribution >= 0.6 is 0 Å². The van der Waals surface area contributed by atoms with Crippen molar-refractivity contribution in [3.8, 4) is 0 Å². The van der Waals surface area contributed by atoms with Crippen molar-refractivity contribution in [2.75, 3.05) is 19.8 Å². The zero-order valence-corrected chi connectivity index (χ0v) is 17.3. The first-order chi connectivity index (χ1) is 11.3. The Morgan fingerprint density at radius 2 is 0.708 bits per heavy atom. The maximum atomic E-state index is 3.46. The minimum Gasteiger partial charge on any atom is -0.870 e. The highest BCUT2D eigenvalue weighted by atomic mass is 16.7. The molecule has 0 heterocycles. The van der Waals surface area contributed by atoms with E-state index in [9.17, 15) is 0 Å². The summed E-state index contributed by atoms with van der Waals surface area (Å²) < 4.78 is 3.46. The molecule has 0 saturated carbocycles. The van der Waals surface area contributed by atoms with E-state index >= 15 is 0 Å². The van der Waals surface area contributed by atoms with Crippen LogP contribution in [0.15, 0.2) is 0 Å². The summed E-state index contributed by atoms with van der Waals surface area (Å²) in [5.74, 6) is 0. The van der Waals surface area contributed by atoms with Crippen LogP contribution in [0.2, 0.25) is 0 Å². The van der Waals surface area contributed by atoms with Gasteiger partial charge in [-0.3, -0.25) is 0 Å². The van der Waals surface area contributed by atoms with Crippen molar-refractivity contribution in [1.82, 2.24) is 0 Å². The van der Waals surface area contributed by atoms with E-state index in [-0.39, 0.29) is 5.48 Å². The van der Waals surface area contributed by atoms with Crippen molar-refractivity contribution in [3.63, 3.8) is 0 Å². The van der Waals surface area contributed by atoms with Gasteiger partial charge < -0.3 is 9.84 Å². The summed E-state index contributed by atoms with van der Waals surface area (Å²) in [7, 11) is 0. The molecule has 0 spiro atoms. The third kappa shape index (κ3) is 20.0. The number of hydrogen-bond donors (Lipinski definition) is 0. The molecule has 0 unspecified atom stereocenters. The second-order valence-electron chi connectivity index (χ2n) is 7.32. The average Bonchev–Trinajstić information content (AvgIpc) is 2.55. The molecule has 0 atom stereocenters. The standard InChI is InChI=1S/C22H47O.H2O/c1-4-7-8-9-10-11-12-13-14-15-16-17-18-19-22-23(20-5-2)21-6-3;/h4-22H2,1-3H3;1H2/q+1;/p-1. The summed E-state index contributed by atoms with van der Waals surface area (Å²) in [4.78, 5) is 0. The van der Waals surface area contributed by atoms with E-state index in [0.717, 1.165) is 0 Å². The molecule has 0 saturated heterocycles. The van der Waals surface area contributed by atoms with Crippen LogP contribution in [0.25, 0.3) is 0 Å². The molecular weight excluding hydrogens is 296 g/mol. The molecule has 24 heavy (non-hydrogen) atoms. The van der Waals surface area contributed by atoms with Gasteiger partial charge in [-0.2, -0.15) is 0 Å². The number of rotatable bonds is 19. The Kier molecular flexibility index (Phi) is 25.0. The van der Waals surface area contributed by atoms with E-state index in [1.807, 2.05) is 0 Å². The summed E-state index contributed by atoms with van der Waals surface area (Å²) in [6.45, 7) is 10.5. The minimum absolute atomic E-state index is 0. The van der Waals surface area contributed by atoms with E-state index in [1.165, 1.54) is 123 Å². The first kappa shape index (κ1) is 26.2. The molecule has 0 amide bonds. The normalized spacial score (nSPS) is 11.0. The molecule has 1 N–H and O–H groups in total. The van der Waals surface area contributed by atoms with Crippen molar-refractivity contribution in [2.45, 2.75) is 124 Å². The molecule has 2 nitrogen and oxygen atoms in total. The van der Waals surface area contributed by atoms with Crippen LogP contribution in [0.3, 0.4) is 0 Å². The lowest BCUT2D eigenvalue weighted by molar-refractivity contribution is -0.140. The van der Waals surface area contributed by atoms with Gasteiger partial charge in [-0.05, 0) is 6.42 Å². The Hall–Kier alpha value is -0.0800. The van der Waals surface area contributed by atoms with Crippen molar-refractivity contribution in [2.24, 2.45) is 0 Å². The molecule has 0 aliphatic rings. The van der Waals surface area contributed by atoms with Crippen molar-refractivity contribution >= 4 is 0 Å². The van der Waals surface area contributed by atoms with Gasteiger partial charge in [0.15, 0.2) is 0 Å². The van der Waals surface area contributed by atoms with E-state index in [4.69, 9.17) is 0 Å². The molecule has 0 bridgehead atoms. The van der Waals surface area contributed by atoms with Crippen LogP contribution in [0.1, 0.15) is 124 Å². The van der Waals surface area contributed by atoms with Crippen molar-refractivity contribution in [3.05, 3.63) is 0 Å². The summed E-state index contributed by atoms with van der Waals surface area (Å²) >= 11 is 0. The maximum absolute atomic E-state index is 3.46. The minimum atomic E-state index is 0. The first-order valence-corrected chi connectivity index (χ1v) is 11.0. The Morgan fingerprint density at radius 1 is 0.375 bits per heavy atom. The molecule has 0 aliphatic heterocycles. The average molecular weight is 345 g/mol. The number of hydrogen-bond acceptors (Lipinski definition) is 1. The van der Waals surface area contributed by atoms with Crippen LogP contribution < -0.4 is 0 Å². The van der Waals surface area contributed by atoms with E-state index in [0.29, 0.717) is 0 Å². The van der Waals surface area contributed by atoms with Crippen LogP contribution in [0.4, 0.5) is 0 Å². The lowest BCUT2D eigenvalue weighted by Crippen LogP contribution is -2.17. The van der Waals surface area contributed by atoms with Crippen molar-refractivity contribution in [1.29, 1.82) is 0 Å². The van der Waals surface area contributed by atoms with Gasteiger partial charge >= 0.3 is 0 Å². The zero-order valence-electron chi connectivity index (χ0n) is 17.3. The topological polar surface area (TPSA) is 32.7 Å². The van der Waals surface area contributed by atoms with Gasteiger partial charge in [-0.25, -0.2) is 0 Å². The first-order valence-electron chi connectivity index (χ1n) is 11.0. The highest BCUT2D eigenvalue weighted by molar-refractivity contribution is 4.50. The van der Waals surface area contributed by atoms with E-state index in [1.54, 1.807) is 0 Å². The van der Waals surface area contributed by atoms with Crippen molar-refractivity contribution < 1.29 is 9.84 Å². The Morgan fingerprint density at radius 3 is 1.04 bits per heavy atom. The SMILES string of the molecule is CCCCCCCCCCCCCCCC[O+](CCC)CCC.[OH-]. The summed E-state index contributed by atoms with van der Waals surface area (Å²) in [5, 5.41) is 0. The Labute approximate surface area is 153 Å². The molecule has 0 radical (unpaired) electrons. The second-order valence-corrected chi connectivity index (χ2v) is 7.32. The van der Waals surface area contributed by atoms with Crippen LogP contribution in [-0.2, 0) is 4.37 Å². The molecule has 0 aromatic rings. The third-order valence-corrected chi connectivity index (χ3v) is 4.77. The highest BCUT2D eigenvalue weighted by Crippen LogP contribution is 2.13. The van der Waals surface area contributed by atoms with Gasteiger partial charge in [-0.15, -0.1) is 0 Å². The van der Waals surface area contributed by atoms with Gasteiger partial charge in [0.05, 0.1) is 0 Å². The fourth-order valence-corrected chi connectivity index (χ4v) is 3.38. The molecule has 2 heteroatoms. The summed E-state index contributed by atoms with van der Waals surface area (Å²) in [5.41, 5.74) is 0. The molecule has 0 aromatic heterocycles. The van der Waals surface area contributed by atoms with Gasteiger partial charge in [0, 0.05) is 19.3 Å². The monoisotopic (exact) mass is 344 g/mol. The van der Waals surface area contributed by atoms with Crippen LogP contribution in [-0.4, -0.2) is 25.3 Å². The molecule has 0 rings (SSSR count). The third-order valence-electron chi connectivity index (χ3n) is 4.77. The second kappa shape index (κ2) is 22.9. The molecule has 148 valence electrons. The van der Waals surface area contributed by atoms with Gasteiger partial charge in [-0.1, -0.05) is 97.8 Å². The molecule has 0 aromatic carbocycles. The molecule has 0 aliphatic carbocycles. The van der Waals surface area contributed by atoms with Gasteiger partial charge in [0.25, 0.3) is 0 Å². The lowest BCUT2D eigenvalue weighted by atomic mass is 10.0. The largest absolute Gasteiger partial charge is 0.870 e. The fourth-order valence-electron chi connectivity index (χ4n) is 3.38. The predicted molar refractivity (Wildman–Crippen MR) is 109 cm³/mol. The summed E-state index contributed by atoms with van der Waals surface area (Å²) in [6, 6.07) is 0. The quantitative estimate of drug-likeness (QED) is 0.175. The molecular formula is C22H48O2. The Bertz CT molecular complexity index is 200. The molecule has 0 fully saturated rings. The lowest BCUT2D eigenvalue weighted by Gasteiger charge is -2.18. The van der Waals surface area contributed by atoms with Gasteiger partial charge in [0.1, 0.15) is 19.8 Å². The van der Waals surface area contributed by atoms with Gasteiger partial charge in [0.2, 0.25) is 0 Å².